The van der Waals surface area contributed by atoms with Crippen LogP contribution in [-0.2, 0) is 4.74 Å². The molecule has 3 unspecified atom stereocenters. The zero-order valence-electron chi connectivity index (χ0n) is 9.05. The van der Waals surface area contributed by atoms with Gasteiger partial charge in [0.15, 0.2) is 0 Å². The lowest BCUT2D eigenvalue weighted by Crippen LogP contribution is -2.29. The van der Waals surface area contributed by atoms with E-state index < -0.39 is 0 Å². The van der Waals surface area contributed by atoms with Gasteiger partial charge in [-0.2, -0.15) is 0 Å². The standard InChI is InChI=1S/C12H21IO/c1-9(10-6-7-10)8-14-12-5-3-2-4-11(12)13/h9-12H,2-8H2,1H3. The first-order valence-electron chi connectivity index (χ1n) is 6.03. The van der Waals surface area contributed by atoms with E-state index in [-0.39, 0.29) is 0 Å². The van der Waals surface area contributed by atoms with Crippen molar-refractivity contribution in [2.45, 2.75) is 55.5 Å². The molecule has 1 nitrogen and oxygen atoms in total. The van der Waals surface area contributed by atoms with E-state index in [1.807, 2.05) is 0 Å². The van der Waals surface area contributed by atoms with Gasteiger partial charge in [-0.25, -0.2) is 0 Å². The van der Waals surface area contributed by atoms with Crippen molar-refractivity contribution >= 4 is 22.6 Å². The number of hydrogen-bond donors (Lipinski definition) is 0. The van der Waals surface area contributed by atoms with Crippen LogP contribution in [0.15, 0.2) is 0 Å². The van der Waals surface area contributed by atoms with Crippen molar-refractivity contribution in [3.05, 3.63) is 0 Å². The second kappa shape index (κ2) is 5.15. The van der Waals surface area contributed by atoms with Gasteiger partial charge in [-0.1, -0.05) is 42.4 Å². The third-order valence-electron chi connectivity index (χ3n) is 3.62. The van der Waals surface area contributed by atoms with Crippen molar-refractivity contribution in [2.75, 3.05) is 6.61 Å². The number of ether oxygens (including phenoxy) is 1. The fourth-order valence-corrected chi connectivity index (χ4v) is 3.32. The Bertz CT molecular complexity index is 179. The first kappa shape index (κ1) is 11.2. The molecule has 14 heavy (non-hydrogen) atoms. The van der Waals surface area contributed by atoms with Gasteiger partial charge < -0.3 is 4.74 Å². The maximum atomic E-state index is 6.05. The Morgan fingerprint density at radius 2 is 1.93 bits per heavy atom. The maximum absolute atomic E-state index is 6.05. The van der Waals surface area contributed by atoms with E-state index in [1.165, 1.54) is 38.5 Å². The molecular formula is C12H21IO. The van der Waals surface area contributed by atoms with E-state index in [9.17, 15) is 0 Å². The van der Waals surface area contributed by atoms with Gasteiger partial charge in [0, 0.05) is 10.5 Å². The molecule has 0 spiro atoms. The van der Waals surface area contributed by atoms with Gasteiger partial charge >= 0.3 is 0 Å². The molecule has 2 aliphatic rings. The highest BCUT2D eigenvalue weighted by Crippen LogP contribution is 2.37. The van der Waals surface area contributed by atoms with E-state index in [1.54, 1.807) is 0 Å². The molecule has 0 amide bonds. The average Bonchev–Trinajstić information content (AvgIpc) is 2.99. The minimum atomic E-state index is 0.561. The molecule has 2 fully saturated rings. The molecule has 2 aliphatic carbocycles. The lowest BCUT2D eigenvalue weighted by Gasteiger charge is -2.28. The van der Waals surface area contributed by atoms with Crippen LogP contribution in [-0.4, -0.2) is 16.6 Å². The van der Waals surface area contributed by atoms with Crippen molar-refractivity contribution in [1.82, 2.24) is 0 Å². The van der Waals surface area contributed by atoms with Gasteiger partial charge in [0.25, 0.3) is 0 Å². The molecule has 3 atom stereocenters. The number of alkyl halides is 1. The largest absolute Gasteiger partial charge is 0.377 e. The first-order chi connectivity index (χ1) is 6.77. The lowest BCUT2D eigenvalue weighted by molar-refractivity contribution is 0.0142. The maximum Gasteiger partial charge on any atom is 0.0692 e. The van der Waals surface area contributed by atoms with Crippen LogP contribution in [0.25, 0.3) is 0 Å². The number of rotatable bonds is 4. The fourth-order valence-electron chi connectivity index (χ4n) is 2.32. The zero-order valence-corrected chi connectivity index (χ0v) is 11.2. The van der Waals surface area contributed by atoms with Gasteiger partial charge in [-0.3, -0.25) is 0 Å². The van der Waals surface area contributed by atoms with Crippen molar-refractivity contribution < 1.29 is 4.74 Å². The van der Waals surface area contributed by atoms with Crippen LogP contribution in [0.3, 0.4) is 0 Å². The normalized spacial score (nSPS) is 35.6. The molecule has 0 aliphatic heterocycles. The molecule has 0 aromatic carbocycles. The predicted octanol–water partition coefficient (Wildman–Crippen LogP) is 3.80. The van der Waals surface area contributed by atoms with Crippen LogP contribution in [0, 0.1) is 11.8 Å². The first-order valence-corrected chi connectivity index (χ1v) is 7.27. The summed E-state index contributed by atoms with van der Waals surface area (Å²) in [7, 11) is 0. The highest BCUT2D eigenvalue weighted by atomic mass is 127. The molecule has 0 heterocycles. The Balaban J connectivity index is 1.67. The summed E-state index contributed by atoms with van der Waals surface area (Å²) in [5.41, 5.74) is 0. The summed E-state index contributed by atoms with van der Waals surface area (Å²) in [6, 6.07) is 0. The molecule has 82 valence electrons. The molecule has 0 aromatic rings. The Morgan fingerprint density at radius 1 is 1.21 bits per heavy atom. The topological polar surface area (TPSA) is 9.23 Å². The van der Waals surface area contributed by atoms with Gasteiger partial charge in [0.1, 0.15) is 0 Å². The van der Waals surface area contributed by atoms with Gasteiger partial charge in [0.05, 0.1) is 6.10 Å². The molecule has 0 aromatic heterocycles. The fraction of sp³-hybridized carbons (Fsp3) is 1.00. The summed E-state index contributed by atoms with van der Waals surface area (Å²) in [6.07, 6.45) is 8.90. The summed E-state index contributed by atoms with van der Waals surface area (Å²) >= 11 is 2.57. The Morgan fingerprint density at radius 3 is 2.57 bits per heavy atom. The van der Waals surface area contributed by atoms with Crippen LogP contribution in [0.1, 0.15) is 45.4 Å². The third kappa shape index (κ3) is 3.09. The van der Waals surface area contributed by atoms with Crippen LogP contribution < -0.4 is 0 Å². The molecule has 0 bridgehead atoms. The van der Waals surface area contributed by atoms with Gasteiger partial charge in [-0.05, 0) is 37.5 Å². The van der Waals surface area contributed by atoms with E-state index >= 15 is 0 Å². The van der Waals surface area contributed by atoms with Crippen LogP contribution in [0.2, 0.25) is 0 Å². The summed E-state index contributed by atoms with van der Waals surface area (Å²) in [5, 5.41) is 0. The van der Waals surface area contributed by atoms with E-state index in [2.05, 4.69) is 29.5 Å². The van der Waals surface area contributed by atoms with Gasteiger partial charge in [0.2, 0.25) is 0 Å². The Kier molecular flexibility index (Phi) is 4.11. The monoisotopic (exact) mass is 308 g/mol. The van der Waals surface area contributed by atoms with Crippen LogP contribution in [0.5, 0.6) is 0 Å². The average molecular weight is 308 g/mol. The molecule has 0 saturated heterocycles. The van der Waals surface area contributed by atoms with Crippen molar-refractivity contribution in [3.8, 4) is 0 Å². The van der Waals surface area contributed by atoms with Crippen molar-refractivity contribution in [1.29, 1.82) is 0 Å². The highest BCUT2D eigenvalue weighted by Gasteiger charge is 2.30. The third-order valence-corrected chi connectivity index (χ3v) is 5.05. The molecule has 0 N–H and O–H groups in total. The second-order valence-corrected chi connectivity index (χ2v) is 6.59. The predicted molar refractivity (Wildman–Crippen MR) is 67.9 cm³/mol. The second-order valence-electron chi connectivity index (χ2n) is 4.99. The van der Waals surface area contributed by atoms with Crippen LogP contribution in [0.4, 0.5) is 0 Å². The lowest BCUT2D eigenvalue weighted by atomic mass is 9.97. The smallest absolute Gasteiger partial charge is 0.0692 e. The molecule has 2 saturated carbocycles. The molecule has 0 radical (unpaired) electrons. The van der Waals surface area contributed by atoms with E-state index in [0.717, 1.165) is 22.4 Å². The minimum Gasteiger partial charge on any atom is -0.377 e. The zero-order chi connectivity index (χ0) is 9.97. The minimum absolute atomic E-state index is 0.561. The summed E-state index contributed by atoms with van der Waals surface area (Å²) in [4.78, 5) is 0. The molecular weight excluding hydrogens is 287 g/mol. The number of hydrogen-bond acceptors (Lipinski definition) is 1. The van der Waals surface area contributed by atoms with Gasteiger partial charge in [-0.15, -0.1) is 0 Å². The number of halogens is 1. The van der Waals surface area contributed by atoms with E-state index in [4.69, 9.17) is 4.74 Å². The quantitative estimate of drug-likeness (QED) is 0.567. The summed E-state index contributed by atoms with van der Waals surface area (Å²) in [6.45, 7) is 3.36. The molecule has 2 rings (SSSR count). The SMILES string of the molecule is CC(COC1CCCCC1I)C1CC1. The van der Waals surface area contributed by atoms with Crippen molar-refractivity contribution in [2.24, 2.45) is 11.8 Å². The Hall–Kier alpha value is 0.690. The highest BCUT2D eigenvalue weighted by molar-refractivity contribution is 14.1. The van der Waals surface area contributed by atoms with E-state index in [0.29, 0.717) is 6.10 Å². The summed E-state index contributed by atoms with van der Waals surface area (Å²) < 4.78 is 6.82. The van der Waals surface area contributed by atoms with Crippen LogP contribution >= 0.6 is 22.6 Å². The Labute approximate surface area is 101 Å². The summed E-state index contributed by atoms with van der Waals surface area (Å²) in [5.74, 6) is 1.80. The van der Waals surface area contributed by atoms with Crippen molar-refractivity contribution in [3.63, 3.8) is 0 Å². The molecule has 2 heteroatoms.